The molecule has 0 aliphatic carbocycles. The first-order chi connectivity index (χ1) is 12.9. The van der Waals surface area contributed by atoms with E-state index in [2.05, 4.69) is 0 Å². The maximum Gasteiger partial charge on any atom is 0.255 e. The molecular formula is C20H18N2O5. The lowest BCUT2D eigenvalue weighted by Crippen LogP contribution is -2.25. The first kappa shape index (κ1) is 18.2. The van der Waals surface area contributed by atoms with Crippen LogP contribution in [0.3, 0.4) is 0 Å². The summed E-state index contributed by atoms with van der Waals surface area (Å²) in [5.74, 6) is -0.266. The molecule has 0 spiro atoms. The first-order valence-corrected chi connectivity index (χ1v) is 8.17. The Morgan fingerprint density at radius 1 is 1.19 bits per heavy atom. The van der Waals surface area contributed by atoms with E-state index in [4.69, 9.17) is 15.2 Å². The number of anilines is 1. The number of Topliss-reactive ketones (excluding diaryl/α,β-unsaturated/α-hetero) is 1. The number of allylic oxidation sites excluding steroid dienone is 1. The Bertz CT molecular complexity index is 965. The fourth-order valence-electron chi connectivity index (χ4n) is 2.90. The normalized spacial score (nSPS) is 14.2. The number of hydrogen-bond acceptors (Lipinski definition) is 5. The molecule has 0 fully saturated rings. The highest BCUT2D eigenvalue weighted by Crippen LogP contribution is 2.36. The van der Waals surface area contributed by atoms with Gasteiger partial charge in [0.2, 0.25) is 11.7 Å². The lowest BCUT2D eigenvalue weighted by Gasteiger charge is -2.16. The van der Waals surface area contributed by atoms with Crippen LogP contribution in [0, 0.1) is 0 Å². The molecule has 0 radical (unpaired) electrons. The Morgan fingerprint density at radius 3 is 2.59 bits per heavy atom. The fraction of sp³-hybridized carbons (Fsp3) is 0.150. The summed E-state index contributed by atoms with van der Waals surface area (Å²) >= 11 is 0. The van der Waals surface area contributed by atoms with Gasteiger partial charge in [-0.3, -0.25) is 19.3 Å². The van der Waals surface area contributed by atoms with E-state index in [0.29, 0.717) is 28.3 Å². The molecule has 2 amide bonds. The van der Waals surface area contributed by atoms with Crippen molar-refractivity contribution in [1.29, 1.82) is 0 Å². The number of nitrogens with two attached hydrogens (primary N) is 1. The fourth-order valence-corrected chi connectivity index (χ4v) is 2.90. The lowest BCUT2D eigenvalue weighted by atomic mass is 10.1. The summed E-state index contributed by atoms with van der Waals surface area (Å²) in [6.45, 7) is 1.15. The topological polar surface area (TPSA) is 98.9 Å². The van der Waals surface area contributed by atoms with E-state index in [-0.39, 0.29) is 24.0 Å². The van der Waals surface area contributed by atoms with Crippen molar-refractivity contribution in [3.8, 4) is 11.5 Å². The van der Waals surface area contributed by atoms with Crippen molar-refractivity contribution in [2.75, 3.05) is 18.6 Å². The maximum atomic E-state index is 12.8. The van der Waals surface area contributed by atoms with Crippen molar-refractivity contribution in [1.82, 2.24) is 0 Å². The van der Waals surface area contributed by atoms with Crippen LogP contribution >= 0.6 is 0 Å². The van der Waals surface area contributed by atoms with Gasteiger partial charge in [0.25, 0.3) is 5.91 Å². The van der Waals surface area contributed by atoms with Gasteiger partial charge in [-0.2, -0.15) is 0 Å². The largest absolute Gasteiger partial charge is 0.496 e. The molecule has 1 aliphatic heterocycles. The highest BCUT2D eigenvalue weighted by Gasteiger charge is 2.34. The van der Waals surface area contributed by atoms with Gasteiger partial charge in [0, 0.05) is 24.1 Å². The molecular weight excluding hydrogens is 348 g/mol. The van der Waals surface area contributed by atoms with Crippen LogP contribution in [0.2, 0.25) is 0 Å². The molecule has 0 saturated heterocycles. The number of para-hydroxylation sites is 1. The van der Waals surface area contributed by atoms with Crippen LogP contribution in [-0.2, 0) is 9.59 Å². The second-order valence-corrected chi connectivity index (χ2v) is 5.89. The Balaban J connectivity index is 2.01. The van der Waals surface area contributed by atoms with Gasteiger partial charge in [-0.15, -0.1) is 0 Å². The third kappa shape index (κ3) is 3.52. The number of hydrogen-bond donors (Lipinski definition) is 1. The molecule has 2 aromatic rings. The van der Waals surface area contributed by atoms with E-state index < -0.39 is 5.91 Å². The number of carbonyl (C=O) groups is 3. The van der Waals surface area contributed by atoms with Crippen molar-refractivity contribution in [2.24, 2.45) is 5.73 Å². The summed E-state index contributed by atoms with van der Waals surface area (Å²) in [5, 5.41) is 0. The second kappa shape index (κ2) is 7.33. The van der Waals surface area contributed by atoms with Gasteiger partial charge in [0.05, 0.1) is 18.5 Å². The van der Waals surface area contributed by atoms with E-state index >= 15 is 0 Å². The number of benzene rings is 2. The summed E-state index contributed by atoms with van der Waals surface area (Å²) in [4.78, 5) is 37.2. The van der Waals surface area contributed by atoms with E-state index in [1.54, 1.807) is 48.5 Å². The number of rotatable bonds is 5. The SMILES string of the molecule is COc1cc(OCC(N)=O)ccc1C=C1C(=O)c2ccccc2N1C(C)=O. The Morgan fingerprint density at radius 2 is 1.93 bits per heavy atom. The molecule has 7 heteroatoms. The Labute approximate surface area is 156 Å². The standard InChI is InChI=1S/C20H18N2O5/c1-12(23)22-16-6-4-3-5-15(16)20(25)17(22)9-13-7-8-14(10-18(13)26-2)27-11-19(21)24/h3-10H,11H2,1-2H3,(H2,21,24). The molecule has 0 saturated carbocycles. The van der Waals surface area contributed by atoms with Crippen LogP contribution in [0.1, 0.15) is 22.8 Å². The molecule has 0 atom stereocenters. The second-order valence-electron chi connectivity index (χ2n) is 5.89. The third-order valence-corrected chi connectivity index (χ3v) is 4.06. The minimum atomic E-state index is -0.591. The zero-order valence-corrected chi connectivity index (χ0v) is 14.9. The van der Waals surface area contributed by atoms with Gasteiger partial charge in [-0.1, -0.05) is 12.1 Å². The highest BCUT2D eigenvalue weighted by molar-refractivity contribution is 6.26. The van der Waals surface area contributed by atoms with Gasteiger partial charge in [-0.25, -0.2) is 0 Å². The molecule has 27 heavy (non-hydrogen) atoms. The van der Waals surface area contributed by atoms with Gasteiger partial charge in [0.1, 0.15) is 11.5 Å². The Hall–Kier alpha value is -3.61. The molecule has 1 heterocycles. The quantitative estimate of drug-likeness (QED) is 0.818. The number of primary amides is 1. The van der Waals surface area contributed by atoms with E-state index in [9.17, 15) is 14.4 Å². The van der Waals surface area contributed by atoms with Crippen LogP contribution in [-0.4, -0.2) is 31.3 Å². The predicted octanol–water partition coefficient (Wildman–Crippen LogP) is 2.15. The monoisotopic (exact) mass is 366 g/mol. The highest BCUT2D eigenvalue weighted by atomic mass is 16.5. The Kier molecular flexibility index (Phi) is 4.94. The molecule has 2 aromatic carbocycles. The van der Waals surface area contributed by atoms with Gasteiger partial charge in [-0.05, 0) is 30.3 Å². The van der Waals surface area contributed by atoms with Gasteiger partial charge < -0.3 is 15.2 Å². The maximum absolute atomic E-state index is 12.8. The number of ketones is 1. The van der Waals surface area contributed by atoms with Crippen molar-refractivity contribution < 1.29 is 23.9 Å². The molecule has 1 aliphatic rings. The van der Waals surface area contributed by atoms with Gasteiger partial charge in [0.15, 0.2) is 6.61 Å². The van der Waals surface area contributed by atoms with Crippen molar-refractivity contribution in [3.63, 3.8) is 0 Å². The molecule has 2 N–H and O–H groups in total. The van der Waals surface area contributed by atoms with Crippen molar-refractivity contribution in [2.45, 2.75) is 6.92 Å². The van der Waals surface area contributed by atoms with Gasteiger partial charge >= 0.3 is 0 Å². The van der Waals surface area contributed by atoms with Crippen LogP contribution in [0.15, 0.2) is 48.2 Å². The van der Waals surface area contributed by atoms with Crippen molar-refractivity contribution >= 4 is 29.4 Å². The third-order valence-electron chi connectivity index (χ3n) is 4.06. The average Bonchev–Trinajstić information content (AvgIpc) is 2.93. The van der Waals surface area contributed by atoms with E-state index in [1.807, 2.05) is 0 Å². The molecule has 138 valence electrons. The molecule has 7 nitrogen and oxygen atoms in total. The van der Waals surface area contributed by atoms with Crippen LogP contribution in [0.25, 0.3) is 6.08 Å². The summed E-state index contributed by atoms with van der Waals surface area (Å²) in [6, 6.07) is 11.8. The number of methoxy groups -OCH3 is 1. The molecule has 3 rings (SSSR count). The summed E-state index contributed by atoms with van der Waals surface area (Å²) in [6.07, 6.45) is 1.60. The number of carbonyl (C=O) groups excluding carboxylic acids is 3. The van der Waals surface area contributed by atoms with Crippen LogP contribution in [0.4, 0.5) is 5.69 Å². The number of amides is 2. The number of nitrogens with zero attached hydrogens (tertiary/aromatic N) is 1. The summed E-state index contributed by atoms with van der Waals surface area (Å²) in [7, 11) is 1.48. The molecule has 0 aromatic heterocycles. The minimum absolute atomic E-state index is 0.239. The zero-order valence-electron chi connectivity index (χ0n) is 14.9. The molecule has 0 bridgehead atoms. The smallest absolute Gasteiger partial charge is 0.255 e. The summed E-state index contributed by atoms with van der Waals surface area (Å²) < 4.78 is 10.6. The predicted molar refractivity (Wildman–Crippen MR) is 99.6 cm³/mol. The number of ether oxygens (including phenoxy) is 2. The average molecular weight is 366 g/mol. The lowest BCUT2D eigenvalue weighted by molar-refractivity contribution is -0.120. The van der Waals surface area contributed by atoms with E-state index in [0.717, 1.165) is 0 Å². The van der Waals surface area contributed by atoms with E-state index in [1.165, 1.54) is 18.9 Å². The first-order valence-electron chi connectivity index (χ1n) is 8.17. The summed E-state index contributed by atoms with van der Waals surface area (Å²) in [5.41, 5.74) is 6.93. The zero-order chi connectivity index (χ0) is 19.6. The minimum Gasteiger partial charge on any atom is -0.496 e. The van der Waals surface area contributed by atoms with Crippen molar-refractivity contribution in [3.05, 3.63) is 59.3 Å². The number of fused-ring (bicyclic) bond motifs is 1. The molecule has 0 unspecified atom stereocenters. The van der Waals surface area contributed by atoms with Crippen LogP contribution < -0.4 is 20.1 Å². The van der Waals surface area contributed by atoms with Crippen LogP contribution in [0.5, 0.6) is 11.5 Å².